The second-order valence-corrected chi connectivity index (χ2v) is 4.23. The minimum atomic E-state index is -2.70. The Hall–Kier alpha value is -1.64. The summed E-state index contributed by atoms with van der Waals surface area (Å²) in [5.74, 6) is -0.811. The van der Waals surface area contributed by atoms with Crippen molar-refractivity contribution in [2.24, 2.45) is 0 Å². The molecule has 1 amide bonds. The van der Waals surface area contributed by atoms with Crippen LogP contribution in [0.2, 0.25) is 0 Å². The van der Waals surface area contributed by atoms with Gasteiger partial charge in [0.2, 0.25) is 11.0 Å². The zero-order chi connectivity index (χ0) is 13.5. The molecule has 0 atom stereocenters. The Labute approximate surface area is 105 Å². The normalized spacial score (nSPS) is 10.4. The van der Waals surface area contributed by atoms with Crippen LogP contribution in [0.5, 0.6) is 0 Å². The van der Waals surface area contributed by atoms with Crippen molar-refractivity contribution in [3.05, 3.63) is 5.01 Å². The van der Waals surface area contributed by atoms with Crippen molar-refractivity contribution in [3.8, 4) is 0 Å². The van der Waals surface area contributed by atoms with Crippen LogP contribution in [-0.2, 0) is 14.3 Å². The fourth-order valence-corrected chi connectivity index (χ4v) is 1.67. The van der Waals surface area contributed by atoms with E-state index in [0.717, 1.165) is 0 Å². The van der Waals surface area contributed by atoms with Gasteiger partial charge in [0.25, 0.3) is 6.43 Å². The number of anilines is 1. The largest absolute Gasteiger partial charge is 0.469 e. The summed E-state index contributed by atoms with van der Waals surface area (Å²) >= 11 is 0.618. The van der Waals surface area contributed by atoms with Gasteiger partial charge in [0, 0.05) is 12.8 Å². The van der Waals surface area contributed by atoms with Gasteiger partial charge in [0.15, 0.2) is 5.01 Å². The molecule has 0 unspecified atom stereocenters. The molecule has 1 aromatic heterocycles. The number of esters is 1. The Morgan fingerprint density at radius 1 is 1.39 bits per heavy atom. The molecule has 0 saturated carbocycles. The molecule has 0 fully saturated rings. The second-order valence-electron chi connectivity index (χ2n) is 3.22. The lowest BCUT2D eigenvalue weighted by Gasteiger charge is -2.00. The van der Waals surface area contributed by atoms with Crippen LogP contribution in [0, 0.1) is 0 Å². The van der Waals surface area contributed by atoms with E-state index in [4.69, 9.17) is 0 Å². The summed E-state index contributed by atoms with van der Waals surface area (Å²) in [4.78, 5) is 22.1. The summed E-state index contributed by atoms with van der Waals surface area (Å²) < 4.78 is 28.8. The average Bonchev–Trinajstić information content (AvgIpc) is 2.77. The van der Waals surface area contributed by atoms with Crippen LogP contribution >= 0.6 is 11.3 Å². The van der Waals surface area contributed by atoms with Gasteiger partial charge in [-0.15, -0.1) is 10.2 Å². The summed E-state index contributed by atoms with van der Waals surface area (Å²) in [6.07, 6.45) is -2.17. The van der Waals surface area contributed by atoms with E-state index < -0.39 is 23.3 Å². The van der Waals surface area contributed by atoms with Crippen molar-refractivity contribution in [3.63, 3.8) is 0 Å². The second kappa shape index (κ2) is 6.94. The van der Waals surface area contributed by atoms with Crippen molar-refractivity contribution < 1.29 is 23.1 Å². The summed E-state index contributed by atoms with van der Waals surface area (Å²) in [5, 5.41) is 8.53. The van der Waals surface area contributed by atoms with Gasteiger partial charge in [-0.2, -0.15) is 0 Å². The van der Waals surface area contributed by atoms with Crippen molar-refractivity contribution in [1.29, 1.82) is 0 Å². The summed E-state index contributed by atoms with van der Waals surface area (Å²) in [5.41, 5.74) is 0. The topological polar surface area (TPSA) is 81.2 Å². The minimum absolute atomic E-state index is 0.0216. The van der Waals surface area contributed by atoms with Gasteiger partial charge in [0.05, 0.1) is 7.11 Å². The van der Waals surface area contributed by atoms with E-state index in [0.29, 0.717) is 17.8 Å². The van der Waals surface area contributed by atoms with E-state index in [9.17, 15) is 18.4 Å². The predicted octanol–water partition coefficient (Wildman–Crippen LogP) is 1.76. The van der Waals surface area contributed by atoms with Crippen LogP contribution in [0.4, 0.5) is 13.9 Å². The number of hydrogen-bond acceptors (Lipinski definition) is 6. The highest BCUT2D eigenvalue weighted by molar-refractivity contribution is 7.15. The molecule has 100 valence electrons. The third-order valence-corrected chi connectivity index (χ3v) is 2.73. The maximum Gasteiger partial charge on any atom is 0.305 e. The van der Waals surface area contributed by atoms with E-state index in [1.165, 1.54) is 7.11 Å². The molecule has 0 bridgehead atoms. The fraction of sp³-hybridized carbons (Fsp3) is 0.556. The van der Waals surface area contributed by atoms with Crippen LogP contribution in [0.3, 0.4) is 0 Å². The van der Waals surface area contributed by atoms with Gasteiger partial charge in [-0.3, -0.25) is 9.59 Å². The van der Waals surface area contributed by atoms with Gasteiger partial charge < -0.3 is 10.1 Å². The summed E-state index contributed by atoms with van der Waals surface area (Å²) in [6, 6.07) is 0. The van der Waals surface area contributed by atoms with E-state index in [1.807, 2.05) is 0 Å². The number of methoxy groups -OCH3 is 1. The van der Waals surface area contributed by atoms with Gasteiger partial charge in [0.1, 0.15) is 0 Å². The Morgan fingerprint density at radius 3 is 2.67 bits per heavy atom. The molecular weight excluding hydrogens is 268 g/mol. The molecule has 9 heteroatoms. The van der Waals surface area contributed by atoms with Gasteiger partial charge in [-0.25, -0.2) is 8.78 Å². The lowest BCUT2D eigenvalue weighted by Crippen LogP contribution is -2.12. The molecule has 0 saturated heterocycles. The van der Waals surface area contributed by atoms with E-state index in [2.05, 4.69) is 20.3 Å². The SMILES string of the molecule is COC(=O)CCCC(=O)Nc1nnc(C(F)F)s1. The monoisotopic (exact) mass is 279 g/mol. The first-order chi connectivity index (χ1) is 8.52. The summed E-state index contributed by atoms with van der Waals surface area (Å²) in [7, 11) is 1.26. The number of rotatable bonds is 6. The number of halogens is 2. The van der Waals surface area contributed by atoms with Gasteiger partial charge in [-0.1, -0.05) is 11.3 Å². The lowest BCUT2D eigenvalue weighted by molar-refractivity contribution is -0.140. The third-order valence-electron chi connectivity index (χ3n) is 1.89. The number of carbonyl (C=O) groups is 2. The van der Waals surface area contributed by atoms with Crippen LogP contribution in [-0.4, -0.2) is 29.2 Å². The number of aromatic nitrogens is 2. The number of amides is 1. The molecule has 1 heterocycles. The molecule has 6 nitrogen and oxygen atoms in total. The number of nitrogens with zero attached hydrogens (tertiary/aromatic N) is 2. The van der Waals surface area contributed by atoms with E-state index in [-0.39, 0.29) is 18.0 Å². The van der Waals surface area contributed by atoms with Crippen LogP contribution in [0.25, 0.3) is 0 Å². The van der Waals surface area contributed by atoms with E-state index >= 15 is 0 Å². The molecule has 0 radical (unpaired) electrons. The zero-order valence-electron chi connectivity index (χ0n) is 9.48. The van der Waals surface area contributed by atoms with Crippen molar-refractivity contribution in [2.45, 2.75) is 25.7 Å². The van der Waals surface area contributed by atoms with Crippen LogP contribution in [0.15, 0.2) is 0 Å². The van der Waals surface area contributed by atoms with Crippen molar-refractivity contribution in [1.82, 2.24) is 10.2 Å². The highest BCUT2D eigenvalue weighted by atomic mass is 32.1. The Kier molecular flexibility index (Phi) is 5.56. The molecule has 0 aliphatic heterocycles. The van der Waals surface area contributed by atoms with Crippen LogP contribution in [0.1, 0.15) is 30.7 Å². The average molecular weight is 279 g/mol. The number of ether oxygens (including phenoxy) is 1. The maximum atomic E-state index is 12.2. The molecule has 0 spiro atoms. The highest BCUT2D eigenvalue weighted by Gasteiger charge is 2.15. The highest BCUT2D eigenvalue weighted by Crippen LogP contribution is 2.25. The molecule has 1 N–H and O–H groups in total. The molecular formula is C9H11F2N3O3S. The molecule has 1 aromatic rings. The number of carbonyl (C=O) groups excluding carboxylic acids is 2. The predicted molar refractivity (Wildman–Crippen MR) is 59.4 cm³/mol. The number of nitrogens with one attached hydrogen (secondary N) is 1. The fourth-order valence-electron chi connectivity index (χ4n) is 1.05. The first-order valence-electron chi connectivity index (χ1n) is 5.01. The molecule has 1 rings (SSSR count). The molecule has 0 aliphatic rings. The first kappa shape index (κ1) is 14.4. The van der Waals surface area contributed by atoms with E-state index in [1.54, 1.807) is 0 Å². The molecule has 0 aromatic carbocycles. The number of alkyl halides is 2. The molecule has 18 heavy (non-hydrogen) atoms. The Balaban J connectivity index is 2.33. The van der Waals surface area contributed by atoms with Crippen molar-refractivity contribution >= 4 is 28.3 Å². The maximum absolute atomic E-state index is 12.2. The summed E-state index contributed by atoms with van der Waals surface area (Å²) in [6.45, 7) is 0. The van der Waals surface area contributed by atoms with Gasteiger partial charge in [-0.05, 0) is 6.42 Å². The third kappa shape index (κ3) is 4.70. The lowest BCUT2D eigenvalue weighted by atomic mass is 10.2. The van der Waals surface area contributed by atoms with Crippen molar-refractivity contribution in [2.75, 3.05) is 12.4 Å². The van der Waals surface area contributed by atoms with Gasteiger partial charge >= 0.3 is 5.97 Å². The smallest absolute Gasteiger partial charge is 0.305 e. The quantitative estimate of drug-likeness (QED) is 0.802. The number of hydrogen-bond donors (Lipinski definition) is 1. The molecule has 0 aliphatic carbocycles. The zero-order valence-corrected chi connectivity index (χ0v) is 10.3. The Bertz CT molecular complexity index is 425. The minimum Gasteiger partial charge on any atom is -0.469 e. The Morgan fingerprint density at radius 2 is 2.11 bits per heavy atom. The first-order valence-corrected chi connectivity index (χ1v) is 5.82. The van der Waals surface area contributed by atoms with Crippen LogP contribution < -0.4 is 5.32 Å². The standard InChI is InChI=1S/C9H11F2N3O3S/c1-17-6(16)4-2-3-5(15)12-9-14-13-8(18-9)7(10)11/h7H,2-4H2,1H3,(H,12,14,15).